The van der Waals surface area contributed by atoms with Crippen molar-refractivity contribution in [3.05, 3.63) is 41.3 Å². The van der Waals surface area contributed by atoms with Gasteiger partial charge in [0, 0.05) is 36.1 Å². The summed E-state index contributed by atoms with van der Waals surface area (Å²) in [6, 6.07) is 3.34. The maximum Gasteiger partial charge on any atom is 0.224 e. The van der Waals surface area contributed by atoms with Gasteiger partial charge in [0.2, 0.25) is 5.95 Å². The lowest BCUT2D eigenvalue weighted by Crippen LogP contribution is -2.05. The van der Waals surface area contributed by atoms with Crippen molar-refractivity contribution in [2.24, 2.45) is 0 Å². The smallest absolute Gasteiger partial charge is 0.224 e. The normalized spacial score (nSPS) is 10.4. The molecule has 0 atom stereocenters. The fraction of sp³-hybridized carbons (Fsp3) is 0.231. The molecule has 0 bridgehead atoms. The summed E-state index contributed by atoms with van der Waals surface area (Å²) in [5.74, 6) is -3.25. The van der Waals surface area contributed by atoms with E-state index < -0.39 is 17.5 Å². The summed E-state index contributed by atoms with van der Waals surface area (Å²) in [6.07, 6.45) is 0. The average molecular weight is 282 g/mol. The molecule has 0 saturated carbocycles. The van der Waals surface area contributed by atoms with Crippen LogP contribution < -0.4 is 10.6 Å². The van der Waals surface area contributed by atoms with Crippen molar-refractivity contribution >= 4 is 17.5 Å². The molecule has 0 amide bonds. The lowest BCUT2D eigenvalue weighted by molar-refractivity contribution is 0.448. The molecule has 1 aromatic heterocycles. The molecule has 1 heterocycles. The highest BCUT2D eigenvalue weighted by Gasteiger charge is 2.11. The maximum absolute atomic E-state index is 13.1. The van der Waals surface area contributed by atoms with Crippen molar-refractivity contribution in [1.82, 2.24) is 9.97 Å². The predicted octanol–water partition coefficient (Wildman–Crippen LogP) is 3.38. The Balaban J connectivity index is 2.30. The van der Waals surface area contributed by atoms with E-state index in [0.717, 1.165) is 12.1 Å². The van der Waals surface area contributed by atoms with E-state index in [1.54, 1.807) is 13.0 Å². The molecule has 2 rings (SSSR count). The predicted molar refractivity (Wildman–Crippen MR) is 70.5 cm³/mol. The Bertz CT molecular complexity index is 608. The van der Waals surface area contributed by atoms with Gasteiger partial charge >= 0.3 is 0 Å². The number of aromatic nitrogens is 2. The Morgan fingerprint density at radius 1 is 1.05 bits per heavy atom. The molecule has 0 aliphatic rings. The quantitative estimate of drug-likeness (QED) is 0.844. The van der Waals surface area contributed by atoms with Crippen LogP contribution in [0.3, 0.4) is 0 Å². The topological polar surface area (TPSA) is 49.8 Å². The number of hydrogen-bond acceptors (Lipinski definition) is 4. The van der Waals surface area contributed by atoms with Gasteiger partial charge in [0.15, 0.2) is 17.5 Å². The molecule has 2 aromatic rings. The van der Waals surface area contributed by atoms with E-state index in [4.69, 9.17) is 0 Å². The first-order valence-electron chi connectivity index (χ1n) is 6.00. The summed E-state index contributed by atoms with van der Waals surface area (Å²) >= 11 is 0. The van der Waals surface area contributed by atoms with Gasteiger partial charge in [0.1, 0.15) is 5.82 Å². The lowest BCUT2D eigenvalue weighted by atomic mass is 10.3. The fourth-order valence-corrected chi connectivity index (χ4v) is 1.65. The summed E-state index contributed by atoms with van der Waals surface area (Å²) < 4.78 is 39.1. The number of anilines is 3. The van der Waals surface area contributed by atoms with Crippen LogP contribution in [0.25, 0.3) is 0 Å². The summed E-state index contributed by atoms with van der Waals surface area (Å²) in [5.41, 5.74) is 0.753. The standard InChI is InChI=1S/C13H13F3N4/c1-3-17-13-18-7(2)4-11(20-13)19-8-5-9(14)12(16)10(15)6-8/h4-6H,3H2,1-2H3,(H2,17,18,19,20). The third-order valence-corrected chi connectivity index (χ3v) is 2.45. The molecule has 1 aromatic carbocycles. The van der Waals surface area contributed by atoms with Crippen LogP contribution in [0.5, 0.6) is 0 Å². The van der Waals surface area contributed by atoms with Crippen molar-refractivity contribution in [2.45, 2.75) is 13.8 Å². The molecule has 106 valence electrons. The molecular formula is C13H13F3N4. The Morgan fingerprint density at radius 3 is 2.30 bits per heavy atom. The Kier molecular flexibility index (Phi) is 4.07. The van der Waals surface area contributed by atoms with Crippen molar-refractivity contribution in [3.8, 4) is 0 Å². The SMILES string of the molecule is CCNc1nc(C)cc(Nc2cc(F)c(F)c(F)c2)n1. The third kappa shape index (κ3) is 3.17. The molecular weight excluding hydrogens is 269 g/mol. The second kappa shape index (κ2) is 5.77. The largest absolute Gasteiger partial charge is 0.354 e. The number of nitrogens with one attached hydrogen (secondary N) is 2. The zero-order valence-electron chi connectivity index (χ0n) is 11.0. The second-order valence-electron chi connectivity index (χ2n) is 4.13. The van der Waals surface area contributed by atoms with Crippen LogP contribution in [0.4, 0.5) is 30.6 Å². The highest BCUT2D eigenvalue weighted by molar-refractivity contribution is 5.57. The first kappa shape index (κ1) is 14.1. The Morgan fingerprint density at radius 2 is 1.70 bits per heavy atom. The van der Waals surface area contributed by atoms with Gasteiger partial charge in [-0.3, -0.25) is 0 Å². The first-order chi connectivity index (χ1) is 9.49. The van der Waals surface area contributed by atoms with Gasteiger partial charge in [-0.2, -0.15) is 4.98 Å². The van der Waals surface area contributed by atoms with Crippen molar-refractivity contribution in [3.63, 3.8) is 0 Å². The number of nitrogens with zero attached hydrogens (tertiary/aromatic N) is 2. The van der Waals surface area contributed by atoms with Crippen LogP contribution in [0, 0.1) is 24.4 Å². The number of halogens is 3. The highest BCUT2D eigenvalue weighted by atomic mass is 19.2. The zero-order valence-corrected chi connectivity index (χ0v) is 11.0. The molecule has 4 nitrogen and oxygen atoms in total. The lowest BCUT2D eigenvalue weighted by Gasteiger charge is -2.09. The number of aryl methyl sites for hydroxylation is 1. The van der Waals surface area contributed by atoms with Crippen LogP contribution in [-0.4, -0.2) is 16.5 Å². The summed E-state index contributed by atoms with van der Waals surface area (Å²) in [7, 11) is 0. The number of hydrogen-bond donors (Lipinski definition) is 2. The van der Waals surface area contributed by atoms with Gasteiger partial charge in [-0.15, -0.1) is 0 Å². The summed E-state index contributed by atoms with van der Waals surface area (Å²) in [5, 5.41) is 5.65. The Labute approximate surface area is 114 Å². The molecule has 0 spiro atoms. The van der Waals surface area contributed by atoms with Gasteiger partial charge in [0.25, 0.3) is 0 Å². The molecule has 0 unspecified atom stereocenters. The van der Waals surface area contributed by atoms with Gasteiger partial charge in [-0.05, 0) is 13.8 Å². The van der Waals surface area contributed by atoms with E-state index in [1.807, 2.05) is 6.92 Å². The number of benzene rings is 1. The molecule has 20 heavy (non-hydrogen) atoms. The van der Waals surface area contributed by atoms with Crippen LogP contribution in [0.1, 0.15) is 12.6 Å². The fourth-order valence-electron chi connectivity index (χ4n) is 1.65. The first-order valence-corrected chi connectivity index (χ1v) is 6.00. The zero-order chi connectivity index (χ0) is 14.7. The minimum absolute atomic E-state index is 0.0712. The molecule has 0 aliphatic heterocycles. The van der Waals surface area contributed by atoms with E-state index in [1.165, 1.54) is 0 Å². The van der Waals surface area contributed by atoms with E-state index in [2.05, 4.69) is 20.6 Å². The van der Waals surface area contributed by atoms with E-state index in [-0.39, 0.29) is 5.69 Å². The molecule has 0 radical (unpaired) electrons. The van der Waals surface area contributed by atoms with E-state index in [9.17, 15) is 13.2 Å². The van der Waals surface area contributed by atoms with Gasteiger partial charge < -0.3 is 10.6 Å². The number of rotatable bonds is 4. The van der Waals surface area contributed by atoms with E-state index >= 15 is 0 Å². The average Bonchev–Trinajstić information content (AvgIpc) is 2.35. The molecule has 0 saturated heterocycles. The minimum atomic E-state index is -1.50. The molecule has 2 N–H and O–H groups in total. The van der Waals surface area contributed by atoms with Crippen molar-refractivity contribution in [1.29, 1.82) is 0 Å². The van der Waals surface area contributed by atoms with Crippen LogP contribution in [0.2, 0.25) is 0 Å². The van der Waals surface area contributed by atoms with E-state index in [0.29, 0.717) is 24.0 Å². The van der Waals surface area contributed by atoms with Crippen molar-refractivity contribution < 1.29 is 13.2 Å². The maximum atomic E-state index is 13.1. The summed E-state index contributed by atoms with van der Waals surface area (Å²) in [6.45, 7) is 4.30. The Hall–Kier alpha value is -2.31. The van der Waals surface area contributed by atoms with Crippen LogP contribution in [-0.2, 0) is 0 Å². The molecule has 0 fully saturated rings. The van der Waals surface area contributed by atoms with Crippen LogP contribution in [0.15, 0.2) is 18.2 Å². The minimum Gasteiger partial charge on any atom is -0.354 e. The van der Waals surface area contributed by atoms with Crippen LogP contribution >= 0.6 is 0 Å². The third-order valence-electron chi connectivity index (χ3n) is 2.45. The van der Waals surface area contributed by atoms with Gasteiger partial charge in [-0.25, -0.2) is 18.2 Å². The highest BCUT2D eigenvalue weighted by Crippen LogP contribution is 2.21. The van der Waals surface area contributed by atoms with Gasteiger partial charge in [-0.1, -0.05) is 0 Å². The molecule has 0 aliphatic carbocycles. The molecule has 7 heteroatoms. The second-order valence-corrected chi connectivity index (χ2v) is 4.13. The van der Waals surface area contributed by atoms with Crippen molar-refractivity contribution in [2.75, 3.05) is 17.2 Å². The summed E-state index contributed by atoms with van der Waals surface area (Å²) in [4.78, 5) is 8.27. The monoisotopic (exact) mass is 282 g/mol. The van der Waals surface area contributed by atoms with Gasteiger partial charge in [0.05, 0.1) is 0 Å².